The Morgan fingerprint density at radius 3 is 1.38 bits per heavy atom. The van der Waals surface area contributed by atoms with Crippen molar-refractivity contribution in [1.82, 2.24) is 4.98 Å². The number of nitrogens with zero attached hydrogens (tertiary/aromatic N) is 3. The highest BCUT2D eigenvalue weighted by atomic mass is 35.5. The maximum atomic E-state index is 9.63. The fourth-order valence-electron chi connectivity index (χ4n) is 2.72. The zero-order valence-electron chi connectivity index (χ0n) is 13.6. The first-order chi connectivity index (χ1) is 12.6. The Balaban J connectivity index is 1.98. The third kappa shape index (κ3) is 3.86. The highest BCUT2D eigenvalue weighted by Gasteiger charge is 2.19. The van der Waals surface area contributed by atoms with Gasteiger partial charge in [0.1, 0.15) is 11.8 Å². The number of aromatic nitrogens is 1. The van der Waals surface area contributed by atoms with E-state index >= 15 is 0 Å². The molecular weight excluding hydrogens is 365 g/mol. The van der Waals surface area contributed by atoms with Gasteiger partial charge in [0, 0.05) is 10.0 Å². The van der Waals surface area contributed by atoms with Crippen molar-refractivity contribution in [3.05, 3.63) is 99.3 Å². The maximum Gasteiger partial charge on any atom is 0.113 e. The van der Waals surface area contributed by atoms with Gasteiger partial charge in [0.2, 0.25) is 0 Å². The normalized spacial score (nSPS) is 12.6. The lowest BCUT2D eigenvalue weighted by atomic mass is 9.93. The topological polar surface area (TPSA) is 60.5 Å². The molecule has 2 aromatic carbocycles. The molecule has 0 fully saturated rings. The van der Waals surface area contributed by atoms with Crippen LogP contribution in [0.1, 0.15) is 34.4 Å². The molecule has 3 rings (SSSR count). The summed E-state index contributed by atoms with van der Waals surface area (Å²) in [6.07, 6.45) is 0. The van der Waals surface area contributed by atoms with Crippen LogP contribution >= 0.6 is 23.2 Å². The summed E-state index contributed by atoms with van der Waals surface area (Å²) in [7, 11) is 0. The standard InChI is InChI=1S/C21H13Cl2N3/c22-16-8-4-14(5-9-16)18(12-24)20-2-1-3-21(26-20)19(13-25)15-6-10-17(23)11-7-15/h1-11,18-19H/t18-,19-/m1/s1. The Kier molecular flexibility index (Phi) is 5.54. The van der Waals surface area contributed by atoms with E-state index in [0.717, 1.165) is 11.1 Å². The Bertz CT molecular complexity index is 905. The number of benzene rings is 2. The van der Waals surface area contributed by atoms with Crippen molar-refractivity contribution in [2.45, 2.75) is 11.8 Å². The minimum atomic E-state index is -0.531. The third-order valence-corrected chi connectivity index (χ3v) is 4.55. The molecule has 0 saturated heterocycles. The molecule has 2 atom stereocenters. The monoisotopic (exact) mass is 377 g/mol. The van der Waals surface area contributed by atoms with E-state index in [2.05, 4.69) is 17.1 Å². The van der Waals surface area contributed by atoms with Gasteiger partial charge in [-0.05, 0) is 47.5 Å². The molecule has 0 aliphatic heterocycles. The summed E-state index contributed by atoms with van der Waals surface area (Å²) in [5.74, 6) is -1.06. The van der Waals surface area contributed by atoms with Gasteiger partial charge >= 0.3 is 0 Å². The molecule has 1 heterocycles. The summed E-state index contributed by atoms with van der Waals surface area (Å²) in [4.78, 5) is 4.60. The lowest BCUT2D eigenvalue weighted by Gasteiger charge is -2.14. The van der Waals surface area contributed by atoms with Crippen molar-refractivity contribution in [2.24, 2.45) is 0 Å². The number of halogens is 2. The molecule has 0 aliphatic carbocycles. The highest BCUT2D eigenvalue weighted by molar-refractivity contribution is 6.30. The van der Waals surface area contributed by atoms with Crippen LogP contribution in [0.15, 0.2) is 66.7 Å². The van der Waals surface area contributed by atoms with E-state index in [1.54, 1.807) is 36.4 Å². The Labute approximate surface area is 162 Å². The summed E-state index contributed by atoms with van der Waals surface area (Å²) in [5.41, 5.74) is 2.81. The summed E-state index contributed by atoms with van der Waals surface area (Å²) < 4.78 is 0. The van der Waals surface area contributed by atoms with Crippen molar-refractivity contribution in [3.63, 3.8) is 0 Å². The Hall–Kier alpha value is -2.85. The number of nitriles is 2. The van der Waals surface area contributed by atoms with E-state index in [-0.39, 0.29) is 0 Å². The molecule has 0 amide bonds. The molecule has 1 aromatic heterocycles. The molecule has 0 aliphatic rings. The average molecular weight is 378 g/mol. The lowest BCUT2D eigenvalue weighted by molar-refractivity contribution is 0.894. The first kappa shape index (κ1) is 18.0. The summed E-state index contributed by atoms with van der Waals surface area (Å²) in [6, 6.07) is 24.2. The van der Waals surface area contributed by atoms with Gasteiger partial charge in [-0.15, -0.1) is 0 Å². The summed E-state index contributed by atoms with van der Waals surface area (Å²) in [6.45, 7) is 0. The first-order valence-corrected chi connectivity index (χ1v) is 8.65. The average Bonchev–Trinajstić information content (AvgIpc) is 2.66. The zero-order chi connectivity index (χ0) is 18.5. The smallest absolute Gasteiger partial charge is 0.113 e. The van der Waals surface area contributed by atoms with Crippen molar-refractivity contribution in [2.75, 3.05) is 0 Å². The van der Waals surface area contributed by atoms with Crippen LogP contribution in [0, 0.1) is 22.7 Å². The lowest BCUT2D eigenvalue weighted by Crippen LogP contribution is -2.06. The van der Waals surface area contributed by atoms with Gasteiger partial charge in [-0.25, -0.2) is 0 Å². The predicted molar refractivity (Wildman–Crippen MR) is 102 cm³/mol. The Morgan fingerprint density at radius 1 is 0.654 bits per heavy atom. The molecule has 0 saturated carbocycles. The van der Waals surface area contributed by atoms with E-state index in [0.29, 0.717) is 21.4 Å². The number of rotatable bonds is 4. The van der Waals surface area contributed by atoms with Gasteiger partial charge in [-0.3, -0.25) is 4.98 Å². The quantitative estimate of drug-likeness (QED) is 0.585. The predicted octanol–water partition coefficient (Wildman–Crippen LogP) is 5.70. The fourth-order valence-corrected chi connectivity index (χ4v) is 2.98. The molecule has 0 radical (unpaired) electrons. The molecule has 26 heavy (non-hydrogen) atoms. The minimum Gasteiger partial charge on any atom is -0.254 e. The van der Waals surface area contributed by atoms with Gasteiger partial charge in [0.05, 0.1) is 23.5 Å². The van der Waals surface area contributed by atoms with Gasteiger partial charge in [-0.2, -0.15) is 10.5 Å². The molecule has 0 N–H and O–H groups in total. The SMILES string of the molecule is N#C[C@H](c1ccc(Cl)cc1)c1cccc([C@H](C#N)c2ccc(Cl)cc2)n1. The second-order valence-electron chi connectivity index (χ2n) is 5.71. The number of hydrogen-bond donors (Lipinski definition) is 0. The van der Waals surface area contributed by atoms with Crippen LogP contribution in [-0.2, 0) is 0 Å². The van der Waals surface area contributed by atoms with Crippen molar-refractivity contribution < 1.29 is 0 Å². The highest BCUT2D eigenvalue weighted by Crippen LogP contribution is 2.28. The van der Waals surface area contributed by atoms with Crippen LogP contribution in [-0.4, -0.2) is 4.98 Å². The fraction of sp³-hybridized carbons (Fsp3) is 0.0952. The number of pyridine rings is 1. The second kappa shape index (κ2) is 8.02. The molecule has 126 valence electrons. The maximum absolute atomic E-state index is 9.63. The molecular formula is C21H13Cl2N3. The van der Waals surface area contributed by atoms with Crippen LogP contribution in [0.5, 0.6) is 0 Å². The first-order valence-electron chi connectivity index (χ1n) is 7.89. The van der Waals surface area contributed by atoms with Gasteiger partial charge in [-0.1, -0.05) is 53.5 Å². The van der Waals surface area contributed by atoms with Crippen LogP contribution in [0.4, 0.5) is 0 Å². The van der Waals surface area contributed by atoms with E-state index < -0.39 is 11.8 Å². The summed E-state index contributed by atoms with van der Waals surface area (Å²) in [5, 5.41) is 20.5. The van der Waals surface area contributed by atoms with Gasteiger partial charge in [0.15, 0.2) is 0 Å². The van der Waals surface area contributed by atoms with Crippen molar-refractivity contribution in [1.29, 1.82) is 10.5 Å². The molecule has 3 aromatic rings. The third-order valence-electron chi connectivity index (χ3n) is 4.05. The Morgan fingerprint density at radius 2 is 1.04 bits per heavy atom. The van der Waals surface area contributed by atoms with Gasteiger partial charge in [0.25, 0.3) is 0 Å². The van der Waals surface area contributed by atoms with E-state index in [9.17, 15) is 10.5 Å². The van der Waals surface area contributed by atoms with Crippen molar-refractivity contribution >= 4 is 23.2 Å². The van der Waals surface area contributed by atoms with Crippen LogP contribution in [0.3, 0.4) is 0 Å². The van der Waals surface area contributed by atoms with E-state index in [1.807, 2.05) is 30.3 Å². The molecule has 0 bridgehead atoms. The molecule has 3 nitrogen and oxygen atoms in total. The van der Waals surface area contributed by atoms with Crippen molar-refractivity contribution in [3.8, 4) is 12.1 Å². The van der Waals surface area contributed by atoms with E-state index in [1.165, 1.54) is 0 Å². The van der Waals surface area contributed by atoms with E-state index in [4.69, 9.17) is 23.2 Å². The minimum absolute atomic E-state index is 0.531. The van der Waals surface area contributed by atoms with Crippen LogP contribution in [0.25, 0.3) is 0 Å². The molecule has 0 spiro atoms. The molecule has 0 unspecified atom stereocenters. The summed E-state index contributed by atoms with van der Waals surface area (Å²) >= 11 is 11.9. The van der Waals surface area contributed by atoms with Gasteiger partial charge < -0.3 is 0 Å². The number of hydrogen-bond acceptors (Lipinski definition) is 3. The zero-order valence-corrected chi connectivity index (χ0v) is 15.1. The van der Waals surface area contributed by atoms with Crippen LogP contribution < -0.4 is 0 Å². The largest absolute Gasteiger partial charge is 0.254 e. The second-order valence-corrected chi connectivity index (χ2v) is 6.59. The van der Waals surface area contributed by atoms with Crippen LogP contribution in [0.2, 0.25) is 10.0 Å². The molecule has 5 heteroatoms.